The van der Waals surface area contributed by atoms with Crippen LogP contribution in [-0.2, 0) is 0 Å². The first-order valence-electron chi connectivity index (χ1n) is 3.42. The standard InChI is InChI=1S/C9H14N2/c1-8(5-4-6-10)7-9(2)11-3/h4-7,10-11H,1H2,2-3H3/b5-4-,9-7-,10-6?. The molecule has 0 fully saturated rings. The van der Waals surface area contributed by atoms with E-state index in [0.717, 1.165) is 11.3 Å². The summed E-state index contributed by atoms with van der Waals surface area (Å²) in [6.45, 7) is 5.74. The van der Waals surface area contributed by atoms with Crippen molar-refractivity contribution < 1.29 is 0 Å². The van der Waals surface area contributed by atoms with Gasteiger partial charge in [-0.2, -0.15) is 0 Å². The van der Waals surface area contributed by atoms with Gasteiger partial charge in [0.1, 0.15) is 0 Å². The second-order valence-corrected chi connectivity index (χ2v) is 2.18. The molecule has 0 rings (SSSR count). The molecule has 0 atom stereocenters. The maximum atomic E-state index is 6.73. The number of rotatable bonds is 4. The van der Waals surface area contributed by atoms with Crippen molar-refractivity contribution in [2.75, 3.05) is 7.05 Å². The molecular formula is C9H14N2. The Morgan fingerprint density at radius 2 is 2.18 bits per heavy atom. The van der Waals surface area contributed by atoms with Crippen molar-refractivity contribution in [1.29, 1.82) is 5.41 Å². The molecule has 11 heavy (non-hydrogen) atoms. The fraction of sp³-hybridized carbons (Fsp3) is 0.222. The van der Waals surface area contributed by atoms with Gasteiger partial charge in [0.25, 0.3) is 0 Å². The molecule has 0 saturated carbocycles. The number of hydrogen-bond donors (Lipinski definition) is 2. The highest BCUT2D eigenvalue weighted by atomic mass is 14.8. The molecule has 0 aromatic carbocycles. The van der Waals surface area contributed by atoms with Crippen LogP contribution in [0.15, 0.2) is 36.1 Å². The lowest BCUT2D eigenvalue weighted by Crippen LogP contribution is -2.01. The van der Waals surface area contributed by atoms with Gasteiger partial charge >= 0.3 is 0 Å². The zero-order chi connectivity index (χ0) is 8.69. The second kappa shape index (κ2) is 5.47. The van der Waals surface area contributed by atoms with Crippen LogP contribution in [0.2, 0.25) is 0 Å². The van der Waals surface area contributed by atoms with E-state index in [1.807, 2.05) is 20.0 Å². The van der Waals surface area contributed by atoms with Gasteiger partial charge in [0.2, 0.25) is 0 Å². The van der Waals surface area contributed by atoms with Gasteiger partial charge in [-0.05, 0) is 24.6 Å². The van der Waals surface area contributed by atoms with Gasteiger partial charge in [-0.25, -0.2) is 0 Å². The zero-order valence-corrected chi connectivity index (χ0v) is 7.02. The van der Waals surface area contributed by atoms with Crippen molar-refractivity contribution >= 4 is 6.21 Å². The van der Waals surface area contributed by atoms with Gasteiger partial charge in [-0.15, -0.1) is 0 Å². The molecule has 0 radical (unpaired) electrons. The summed E-state index contributed by atoms with van der Waals surface area (Å²) in [4.78, 5) is 0. The lowest BCUT2D eigenvalue weighted by atomic mass is 10.2. The van der Waals surface area contributed by atoms with Gasteiger partial charge in [-0.1, -0.05) is 12.7 Å². The molecule has 0 aromatic heterocycles. The maximum absolute atomic E-state index is 6.73. The second-order valence-electron chi connectivity index (χ2n) is 2.18. The highest BCUT2D eigenvalue weighted by molar-refractivity contribution is 5.68. The first kappa shape index (κ1) is 9.69. The third kappa shape index (κ3) is 5.15. The van der Waals surface area contributed by atoms with E-state index < -0.39 is 0 Å². The highest BCUT2D eigenvalue weighted by Gasteiger charge is 1.82. The van der Waals surface area contributed by atoms with E-state index in [1.165, 1.54) is 6.21 Å². The Morgan fingerprint density at radius 3 is 2.64 bits per heavy atom. The predicted octanol–water partition coefficient (Wildman–Crippen LogP) is 1.87. The summed E-state index contributed by atoms with van der Waals surface area (Å²) in [6.07, 6.45) is 6.57. The number of hydrogen-bond acceptors (Lipinski definition) is 2. The minimum atomic E-state index is 0.889. The fourth-order valence-corrected chi connectivity index (χ4v) is 0.570. The van der Waals surface area contributed by atoms with Gasteiger partial charge < -0.3 is 10.7 Å². The average molecular weight is 150 g/mol. The monoisotopic (exact) mass is 150 g/mol. The quantitative estimate of drug-likeness (QED) is 0.466. The Labute approximate surface area is 67.8 Å². The van der Waals surface area contributed by atoms with Crippen molar-refractivity contribution in [3.63, 3.8) is 0 Å². The molecule has 0 saturated heterocycles. The van der Waals surface area contributed by atoms with Crippen LogP contribution in [0.5, 0.6) is 0 Å². The molecule has 0 unspecified atom stereocenters. The highest BCUT2D eigenvalue weighted by Crippen LogP contribution is 1.97. The SMILES string of the molecule is C=C(/C=C\C=N)/C=C(/C)NC. The molecule has 60 valence electrons. The van der Waals surface area contributed by atoms with Gasteiger partial charge in [0, 0.05) is 19.0 Å². The molecule has 0 bridgehead atoms. The number of nitrogens with one attached hydrogen (secondary N) is 2. The Balaban J connectivity index is 4.06. The van der Waals surface area contributed by atoms with E-state index in [0.29, 0.717) is 0 Å². The summed E-state index contributed by atoms with van der Waals surface area (Å²) >= 11 is 0. The first-order valence-corrected chi connectivity index (χ1v) is 3.42. The van der Waals surface area contributed by atoms with Crippen LogP contribution in [0.3, 0.4) is 0 Å². The van der Waals surface area contributed by atoms with E-state index in [9.17, 15) is 0 Å². The molecule has 0 aliphatic rings. The molecule has 0 heterocycles. The number of allylic oxidation sites excluding steroid dienone is 5. The summed E-state index contributed by atoms with van der Waals surface area (Å²) in [7, 11) is 1.86. The Kier molecular flexibility index (Phi) is 4.82. The fourth-order valence-electron chi connectivity index (χ4n) is 0.570. The van der Waals surface area contributed by atoms with E-state index in [2.05, 4.69) is 11.9 Å². The van der Waals surface area contributed by atoms with Crippen molar-refractivity contribution in [3.8, 4) is 0 Å². The summed E-state index contributed by atoms with van der Waals surface area (Å²) < 4.78 is 0. The third-order valence-corrected chi connectivity index (χ3v) is 1.20. The van der Waals surface area contributed by atoms with Crippen LogP contribution >= 0.6 is 0 Å². The molecule has 0 aromatic rings. The minimum absolute atomic E-state index is 0.889. The molecule has 2 nitrogen and oxygen atoms in total. The zero-order valence-electron chi connectivity index (χ0n) is 7.02. The smallest absolute Gasteiger partial charge is 0.0177 e. The molecule has 2 N–H and O–H groups in total. The molecule has 0 aliphatic heterocycles. The van der Waals surface area contributed by atoms with Gasteiger partial charge in [0.15, 0.2) is 0 Å². The third-order valence-electron chi connectivity index (χ3n) is 1.20. The lowest BCUT2D eigenvalue weighted by Gasteiger charge is -1.97. The van der Waals surface area contributed by atoms with E-state index >= 15 is 0 Å². The van der Waals surface area contributed by atoms with Crippen molar-refractivity contribution in [1.82, 2.24) is 5.32 Å². The maximum Gasteiger partial charge on any atom is 0.0177 e. The summed E-state index contributed by atoms with van der Waals surface area (Å²) in [6, 6.07) is 0. The van der Waals surface area contributed by atoms with Crippen LogP contribution in [0.4, 0.5) is 0 Å². The van der Waals surface area contributed by atoms with Crippen molar-refractivity contribution in [2.45, 2.75) is 6.92 Å². The predicted molar refractivity (Wildman–Crippen MR) is 49.9 cm³/mol. The van der Waals surface area contributed by atoms with E-state index in [1.54, 1.807) is 12.2 Å². The summed E-state index contributed by atoms with van der Waals surface area (Å²) in [5, 5.41) is 9.72. The largest absolute Gasteiger partial charge is 0.392 e. The lowest BCUT2D eigenvalue weighted by molar-refractivity contribution is 0.988. The molecule has 0 amide bonds. The Morgan fingerprint density at radius 1 is 1.55 bits per heavy atom. The minimum Gasteiger partial charge on any atom is -0.392 e. The molecular weight excluding hydrogens is 136 g/mol. The average Bonchev–Trinajstić information content (AvgIpc) is 2.00. The van der Waals surface area contributed by atoms with Crippen LogP contribution in [0.1, 0.15) is 6.92 Å². The van der Waals surface area contributed by atoms with Gasteiger partial charge in [-0.3, -0.25) is 0 Å². The van der Waals surface area contributed by atoms with Crippen LogP contribution < -0.4 is 5.32 Å². The first-order chi connectivity index (χ1) is 5.20. The molecule has 0 spiro atoms. The Hall–Kier alpha value is -1.31. The van der Waals surface area contributed by atoms with Gasteiger partial charge in [0.05, 0.1) is 0 Å². The van der Waals surface area contributed by atoms with E-state index in [-0.39, 0.29) is 0 Å². The topological polar surface area (TPSA) is 35.9 Å². The van der Waals surface area contributed by atoms with Crippen LogP contribution in [0.25, 0.3) is 0 Å². The van der Waals surface area contributed by atoms with Crippen LogP contribution in [0, 0.1) is 5.41 Å². The normalized spacial score (nSPS) is 11.6. The van der Waals surface area contributed by atoms with Crippen molar-refractivity contribution in [2.24, 2.45) is 0 Å². The summed E-state index contributed by atoms with van der Waals surface area (Å²) in [5.74, 6) is 0. The molecule has 2 heteroatoms. The van der Waals surface area contributed by atoms with Crippen LogP contribution in [-0.4, -0.2) is 13.3 Å². The van der Waals surface area contributed by atoms with E-state index in [4.69, 9.17) is 5.41 Å². The molecule has 0 aliphatic carbocycles. The Bertz CT molecular complexity index is 200. The van der Waals surface area contributed by atoms with Crippen molar-refractivity contribution in [3.05, 3.63) is 36.1 Å². The summed E-state index contributed by atoms with van der Waals surface area (Å²) in [5.41, 5.74) is 1.95.